The molecule has 6 nitrogen and oxygen atoms in total. The Morgan fingerprint density at radius 3 is 2.58 bits per heavy atom. The fourth-order valence-corrected chi connectivity index (χ4v) is 2.93. The van der Waals surface area contributed by atoms with Gasteiger partial charge in [-0.1, -0.05) is 30.3 Å². The summed E-state index contributed by atoms with van der Waals surface area (Å²) >= 11 is 0. The third-order valence-electron chi connectivity index (χ3n) is 3.36. The number of benzene rings is 2. The number of rotatable bonds is 4. The van der Waals surface area contributed by atoms with Crippen molar-refractivity contribution >= 4 is 33.0 Å². The molecule has 3 aromatic rings. The zero-order valence-corrected chi connectivity index (χ0v) is 13.4. The molecule has 0 atom stereocenters. The van der Waals surface area contributed by atoms with Crippen LogP contribution < -0.4 is 5.73 Å². The van der Waals surface area contributed by atoms with Crippen molar-refractivity contribution in [1.29, 1.82) is 0 Å². The van der Waals surface area contributed by atoms with Gasteiger partial charge in [-0.3, -0.25) is 4.98 Å². The molecule has 0 aliphatic rings. The smallest absolute Gasteiger partial charge is 0.283 e. The number of hydrogen-bond acceptors (Lipinski definition) is 3. The van der Waals surface area contributed by atoms with Crippen molar-refractivity contribution in [2.45, 2.75) is 4.90 Å². The van der Waals surface area contributed by atoms with Gasteiger partial charge in [-0.15, -0.1) is 4.40 Å². The molecule has 0 fully saturated rings. The topological polar surface area (TPSA) is 97.8 Å². The molecule has 24 heavy (non-hydrogen) atoms. The number of hydrogen-bond donors (Lipinski definition) is 1. The van der Waals surface area contributed by atoms with E-state index in [1.165, 1.54) is 12.3 Å². The predicted molar refractivity (Wildman–Crippen MR) is 94.6 cm³/mol. The molecule has 120 valence electrons. The molecule has 7 heteroatoms. The highest BCUT2D eigenvalue weighted by atomic mass is 32.2. The van der Waals surface area contributed by atoms with Gasteiger partial charge < -0.3 is 5.73 Å². The number of pyridine rings is 1. The Morgan fingerprint density at radius 1 is 1.04 bits per heavy atom. The second-order valence-corrected chi connectivity index (χ2v) is 6.59. The molecular weight excluding hydrogens is 324 g/mol. The highest BCUT2D eigenvalue weighted by Crippen LogP contribution is 2.20. The normalized spacial score (nSPS) is 12.8. The lowest BCUT2D eigenvalue weighted by Crippen LogP contribution is -2.13. The lowest BCUT2D eigenvalue weighted by atomic mass is 10.1. The summed E-state index contributed by atoms with van der Waals surface area (Å²) in [6, 6.07) is 15.8. The Bertz CT molecular complexity index is 1030. The molecule has 0 saturated carbocycles. The third-order valence-corrected chi connectivity index (χ3v) is 4.58. The van der Waals surface area contributed by atoms with E-state index in [-0.39, 0.29) is 10.7 Å². The van der Waals surface area contributed by atoms with Crippen LogP contribution in [0.5, 0.6) is 0 Å². The lowest BCUT2D eigenvalue weighted by molar-refractivity contribution is 0.598. The summed E-state index contributed by atoms with van der Waals surface area (Å²) in [6.45, 7) is 0. The molecule has 3 rings (SSSR count). The standard InChI is InChI=1S/C17H14N4O2S/c18-17(15-6-3-9-19-11-15)20-12-21-24(22,23)16-8-7-13-4-1-2-5-14(13)10-16/h1-12H,(H2,18,20,21). The van der Waals surface area contributed by atoms with Gasteiger partial charge in [0.25, 0.3) is 10.0 Å². The molecule has 0 bridgehead atoms. The number of nitrogens with zero attached hydrogens (tertiary/aromatic N) is 3. The second-order valence-electron chi connectivity index (χ2n) is 4.96. The Labute approximate surface area is 139 Å². The van der Waals surface area contributed by atoms with Gasteiger partial charge in [0.1, 0.15) is 12.2 Å². The van der Waals surface area contributed by atoms with Crippen molar-refractivity contribution in [2.24, 2.45) is 15.1 Å². The third kappa shape index (κ3) is 3.47. The van der Waals surface area contributed by atoms with Crippen LogP contribution >= 0.6 is 0 Å². The first-order valence-corrected chi connectivity index (χ1v) is 8.51. The van der Waals surface area contributed by atoms with E-state index in [9.17, 15) is 8.42 Å². The zero-order chi connectivity index (χ0) is 17.0. The number of sulfonamides is 1. The molecule has 0 unspecified atom stereocenters. The molecule has 2 N–H and O–H groups in total. The highest BCUT2D eigenvalue weighted by molar-refractivity contribution is 7.90. The van der Waals surface area contributed by atoms with Gasteiger partial charge in [0, 0.05) is 18.0 Å². The van der Waals surface area contributed by atoms with Crippen LogP contribution in [0.25, 0.3) is 10.8 Å². The average Bonchev–Trinajstić information content (AvgIpc) is 2.62. The number of aliphatic imine (C=N–C) groups is 1. The van der Waals surface area contributed by atoms with Crippen LogP contribution in [0.4, 0.5) is 0 Å². The largest absolute Gasteiger partial charge is 0.383 e. The Balaban J connectivity index is 1.87. The molecule has 0 spiro atoms. The van der Waals surface area contributed by atoms with Gasteiger partial charge in [0.15, 0.2) is 0 Å². The van der Waals surface area contributed by atoms with Crippen LogP contribution in [-0.2, 0) is 10.0 Å². The zero-order valence-electron chi connectivity index (χ0n) is 12.6. The Morgan fingerprint density at radius 2 is 1.83 bits per heavy atom. The van der Waals surface area contributed by atoms with E-state index in [2.05, 4.69) is 14.4 Å². The van der Waals surface area contributed by atoms with Gasteiger partial charge in [-0.25, -0.2) is 4.99 Å². The molecule has 2 aromatic carbocycles. The molecule has 1 aromatic heterocycles. The minimum absolute atomic E-state index is 0.104. The monoisotopic (exact) mass is 338 g/mol. The van der Waals surface area contributed by atoms with E-state index in [1.54, 1.807) is 30.5 Å². The van der Waals surface area contributed by atoms with Crippen molar-refractivity contribution in [2.75, 3.05) is 0 Å². The van der Waals surface area contributed by atoms with Crippen LogP contribution in [0.2, 0.25) is 0 Å². The van der Waals surface area contributed by atoms with Crippen LogP contribution in [0, 0.1) is 0 Å². The van der Waals surface area contributed by atoms with Gasteiger partial charge >= 0.3 is 0 Å². The summed E-state index contributed by atoms with van der Waals surface area (Å²) < 4.78 is 28.1. The maximum absolute atomic E-state index is 12.3. The van der Waals surface area contributed by atoms with Crippen molar-refractivity contribution in [3.63, 3.8) is 0 Å². The highest BCUT2D eigenvalue weighted by Gasteiger charge is 2.12. The van der Waals surface area contributed by atoms with Crippen molar-refractivity contribution < 1.29 is 8.42 Å². The summed E-state index contributed by atoms with van der Waals surface area (Å²) in [4.78, 5) is 7.87. The van der Waals surface area contributed by atoms with E-state index in [1.807, 2.05) is 24.3 Å². The first-order valence-electron chi connectivity index (χ1n) is 7.07. The van der Waals surface area contributed by atoms with Gasteiger partial charge in [0.2, 0.25) is 0 Å². The number of amidine groups is 1. The molecule has 0 aliphatic carbocycles. The summed E-state index contributed by atoms with van der Waals surface area (Å²) in [5.41, 5.74) is 6.35. The molecule has 0 amide bonds. The summed E-state index contributed by atoms with van der Waals surface area (Å²) in [5.74, 6) is 0.139. The summed E-state index contributed by atoms with van der Waals surface area (Å²) in [7, 11) is -3.84. The van der Waals surface area contributed by atoms with E-state index in [0.717, 1.165) is 17.1 Å². The fourth-order valence-electron chi connectivity index (χ4n) is 2.13. The number of nitrogens with two attached hydrogens (primary N) is 1. The second kappa shape index (κ2) is 6.59. The molecule has 0 saturated heterocycles. The minimum Gasteiger partial charge on any atom is -0.383 e. The molecule has 0 aliphatic heterocycles. The lowest BCUT2D eigenvalue weighted by Gasteiger charge is -2.01. The predicted octanol–water partition coefficient (Wildman–Crippen LogP) is 2.36. The SMILES string of the molecule is NC(=N/C=N/S(=O)(=O)c1ccc2ccccc2c1)c1cccnc1. The van der Waals surface area contributed by atoms with E-state index >= 15 is 0 Å². The van der Waals surface area contributed by atoms with Crippen LogP contribution in [0.15, 0.2) is 81.3 Å². The van der Waals surface area contributed by atoms with E-state index in [0.29, 0.717) is 5.56 Å². The number of aromatic nitrogens is 1. The summed E-state index contributed by atoms with van der Waals surface area (Å²) in [5, 5.41) is 1.78. The maximum Gasteiger partial charge on any atom is 0.283 e. The maximum atomic E-state index is 12.3. The molecule has 1 heterocycles. The van der Waals surface area contributed by atoms with Gasteiger partial charge in [0.05, 0.1) is 4.90 Å². The first kappa shape index (κ1) is 15.8. The first-order chi connectivity index (χ1) is 11.6. The van der Waals surface area contributed by atoms with Crippen molar-refractivity contribution in [1.82, 2.24) is 4.98 Å². The molecular formula is C17H14N4O2S. The Hall–Kier alpha value is -3.06. The molecule has 0 radical (unpaired) electrons. The van der Waals surface area contributed by atoms with E-state index in [4.69, 9.17) is 5.73 Å². The average molecular weight is 338 g/mol. The van der Waals surface area contributed by atoms with Crippen molar-refractivity contribution in [3.8, 4) is 0 Å². The number of fused-ring (bicyclic) bond motifs is 1. The van der Waals surface area contributed by atoms with Gasteiger partial charge in [-0.2, -0.15) is 8.42 Å². The van der Waals surface area contributed by atoms with Crippen molar-refractivity contribution in [3.05, 3.63) is 72.6 Å². The Kier molecular flexibility index (Phi) is 4.35. The van der Waals surface area contributed by atoms with Gasteiger partial charge in [-0.05, 0) is 35.0 Å². The quantitative estimate of drug-likeness (QED) is 0.583. The fraction of sp³-hybridized carbons (Fsp3) is 0. The summed E-state index contributed by atoms with van der Waals surface area (Å²) in [6.07, 6.45) is 4.08. The van der Waals surface area contributed by atoms with Crippen LogP contribution in [0.3, 0.4) is 0 Å². The minimum atomic E-state index is -3.84. The van der Waals surface area contributed by atoms with Crippen LogP contribution in [0.1, 0.15) is 5.56 Å². The van der Waals surface area contributed by atoms with Crippen LogP contribution in [-0.4, -0.2) is 25.6 Å². The van der Waals surface area contributed by atoms with E-state index < -0.39 is 10.0 Å².